The molecule has 3 rings (SSSR count). The number of pyridine rings is 1. The predicted octanol–water partition coefficient (Wildman–Crippen LogP) is 0.185. The summed E-state index contributed by atoms with van der Waals surface area (Å²) in [7, 11) is 0. The van der Waals surface area contributed by atoms with E-state index < -0.39 is 0 Å². The molecule has 15 heavy (non-hydrogen) atoms. The van der Waals surface area contributed by atoms with Crippen LogP contribution in [0.25, 0.3) is 0 Å². The number of nitrogens with zero attached hydrogens (tertiary/aromatic N) is 2. The fourth-order valence-corrected chi connectivity index (χ4v) is 1.91. The van der Waals surface area contributed by atoms with Crippen LogP contribution >= 0.6 is 0 Å². The van der Waals surface area contributed by atoms with E-state index in [-0.39, 0.29) is 18.6 Å². The summed E-state index contributed by atoms with van der Waals surface area (Å²) in [6.07, 6.45) is 1.40. The Hall–Kier alpha value is -1.62. The average molecular weight is 206 g/mol. The lowest BCUT2D eigenvalue weighted by Gasteiger charge is -2.23. The van der Waals surface area contributed by atoms with Gasteiger partial charge in [0.25, 0.3) is 0 Å². The van der Waals surface area contributed by atoms with E-state index >= 15 is 0 Å². The summed E-state index contributed by atoms with van der Waals surface area (Å²) in [4.78, 5) is 9.25. The summed E-state index contributed by atoms with van der Waals surface area (Å²) in [5, 5.41) is 13.1. The third kappa shape index (κ3) is 1.20. The van der Waals surface area contributed by atoms with Crippen molar-refractivity contribution in [1.29, 1.82) is 0 Å². The molecule has 0 aliphatic carbocycles. The molecular formula is C10H10N2O3. The normalized spacial score (nSPS) is 27.1. The SMILES string of the molecule is OCC1ON=C2c3cccnc3OCC21. The fraction of sp³-hybridized carbons (Fsp3) is 0.400. The van der Waals surface area contributed by atoms with Gasteiger partial charge in [-0.05, 0) is 12.1 Å². The van der Waals surface area contributed by atoms with Crippen molar-refractivity contribution in [3.05, 3.63) is 23.9 Å². The molecule has 0 saturated heterocycles. The maximum absolute atomic E-state index is 9.08. The van der Waals surface area contributed by atoms with E-state index in [1.54, 1.807) is 6.20 Å². The van der Waals surface area contributed by atoms with E-state index in [4.69, 9.17) is 14.7 Å². The first-order valence-electron chi connectivity index (χ1n) is 4.83. The van der Waals surface area contributed by atoms with Gasteiger partial charge in [-0.3, -0.25) is 0 Å². The molecule has 2 unspecified atom stereocenters. The first kappa shape index (κ1) is 8.67. The van der Waals surface area contributed by atoms with Crippen LogP contribution in [0.3, 0.4) is 0 Å². The standard InChI is InChI=1S/C10H10N2O3/c13-4-8-7-5-14-10-6(2-1-3-11-10)9(7)12-15-8/h1-3,7-8,13H,4-5H2. The molecule has 0 amide bonds. The highest BCUT2D eigenvalue weighted by molar-refractivity contribution is 6.05. The van der Waals surface area contributed by atoms with E-state index in [2.05, 4.69) is 10.1 Å². The van der Waals surface area contributed by atoms with Crippen molar-refractivity contribution in [3.63, 3.8) is 0 Å². The molecule has 78 valence electrons. The number of hydrogen-bond acceptors (Lipinski definition) is 5. The fourth-order valence-electron chi connectivity index (χ4n) is 1.91. The summed E-state index contributed by atoms with van der Waals surface area (Å²) < 4.78 is 5.49. The zero-order valence-electron chi connectivity index (χ0n) is 7.96. The first-order chi connectivity index (χ1) is 7.40. The molecule has 2 atom stereocenters. The molecular weight excluding hydrogens is 196 g/mol. The number of aromatic nitrogens is 1. The Balaban J connectivity index is 2.02. The number of fused-ring (bicyclic) bond motifs is 3. The summed E-state index contributed by atoms with van der Waals surface area (Å²) in [5.74, 6) is 0.612. The van der Waals surface area contributed by atoms with Gasteiger partial charge in [-0.1, -0.05) is 5.16 Å². The van der Waals surface area contributed by atoms with Gasteiger partial charge < -0.3 is 14.7 Å². The van der Waals surface area contributed by atoms with Crippen LogP contribution < -0.4 is 4.74 Å². The van der Waals surface area contributed by atoms with Gasteiger partial charge in [-0.25, -0.2) is 4.98 Å². The number of rotatable bonds is 1. The Kier molecular flexibility index (Phi) is 1.85. The molecule has 0 bridgehead atoms. The largest absolute Gasteiger partial charge is 0.476 e. The second kappa shape index (κ2) is 3.20. The Bertz CT molecular complexity index is 419. The van der Waals surface area contributed by atoms with Gasteiger partial charge in [0.1, 0.15) is 12.3 Å². The molecule has 3 heterocycles. The van der Waals surface area contributed by atoms with Crippen molar-refractivity contribution >= 4 is 5.71 Å². The van der Waals surface area contributed by atoms with Gasteiger partial charge in [0, 0.05) is 6.20 Å². The van der Waals surface area contributed by atoms with Crippen LogP contribution in [0.5, 0.6) is 5.88 Å². The van der Waals surface area contributed by atoms with E-state index in [0.29, 0.717) is 12.5 Å². The maximum atomic E-state index is 9.08. The predicted molar refractivity (Wildman–Crippen MR) is 51.7 cm³/mol. The van der Waals surface area contributed by atoms with Crippen LogP contribution in [-0.4, -0.2) is 35.1 Å². The molecule has 1 N–H and O–H groups in total. The lowest BCUT2D eigenvalue weighted by atomic mass is 9.92. The molecule has 0 aromatic carbocycles. The Morgan fingerprint density at radius 3 is 3.33 bits per heavy atom. The van der Waals surface area contributed by atoms with E-state index in [9.17, 15) is 0 Å². The Labute approximate surface area is 86.3 Å². The van der Waals surface area contributed by atoms with Crippen LogP contribution in [0.1, 0.15) is 5.56 Å². The summed E-state index contributed by atoms with van der Waals surface area (Å²) in [6.45, 7) is 0.421. The van der Waals surface area contributed by atoms with Crippen LogP contribution in [-0.2, 0) is 4.84 Å². The number of aliphatic hydroxyl groups is 1. The van der Waals surface area contributed by atoms with Gasteiger partial charge in [0.15, 0.2) is 6.10 Å². The summed E-state index contributed by atoms with van der Waals surface area (Å²) in [6, 6.07) is 3.73. The highest BCUT2D eigenvalue weighted by Gasteiger charge is 2.39. The monoisotopic (exact) mass is 206 g/mol. The average Bonchev–Trinajstić information content (AvgIpc) is 2.72. The van der Waals surface area contributed by atoms with Gasteiger partial charge in [-0.2, -0.15) is 0 Å². The highest BCUT2D eigenvalue weighted by atomic mass is 16.7. The van der Waals surface area contributed by atoms with Crippen molar-refractivity contribution in [2.24, 2.45) is 11.1 Å². The minimum absolute atomic E-state index is 0.0201. The van der Waals surface area contributed by atoms with Gasteiger partial charge in [0.2, 0.25) is 5.88 Å². The number of aliphatic hydroxyl groups excluding tert-OH is 1. The molecule has 5 heteroatoms. The number of ether oxygens (including phenoxy) is 1. The quantitative estimate of drug-likeness (QED) is 0.712. The molecule has 2 aliphatic rings. The van der Waals surface area contributed by atoms with Crippen LogP contribution in [0.15, 0.2) is 23.5 Å². The maximum Gasteiger partial charge on any atom is 0.222 e. The summed E-state index contributed by atoms with van der Waals surface area (Å²) >= 11 is 0. The van der Waals surface area contributed by atoms with Crippen molar-refractivity contribution in [3.8, 4) is 5.88 Å². The molecule has 0 fully saturated rings. The summed E-state index contributed by atoms with van der Waals surface area (Å²) in [5.41, 5.74) is 1.70. The molecule has 1 aromatic rings. The number of hydrogen-bond donors (Lipinski definition) is 1. The van der Waals surface area contributed by atoms with Crippen molar-refractivity contribution in [2.45, 2.75) is 6.10 Å². The molecule has 0 radical (unpaired) electrons. The van der Waals surface area contributed by atoms with Gasteiger partial charge in [-0.15, -0.1) is 0 Å². The van der Waals surface area contributed by atoms with E-state index in [1.165, 1.54) is 0 Å². The first-order valence-corrected chi connectivity index (χ1v) is 4.83. The smallest absolute Gasteiger partial charge is 0.222 e. The molecule has 0 spiro atoms. The zero-order chi connectivity index (χ0) is 10.3. The highest BCUT2D eigenvalue weighted by Crippen LogP contribution is 2.31. The van der Waals surface area contributed by atoms with Crippen LogP contribution in [0.2, 0.25) is 0 Å². The zero-order valence-corrected chi connectivity index (χ0v) is 7.96. The van der Waals surface area contributed by atoms with Crippen LogP contribution in [0, 0.1) is 5.92 Å². The second-order valence-corrected chi connectivity index (χ2v) is 3.58. The van der Waals surface area contributed by atoms with Crippen molar-refractivity contribution in [2.75, 3.05) is 13.2 Å². The lowest BCUT2D eigenvalue weighted by Crippen LogP contribution is -2.35. The van der Waals surface area contributed by atoms with Gasteiger partial charge >= 0.3 is 0 Å². The molecule has 1 aromatic heterocycles. The Morgan fingerprint density at radius 2 is 2.47 bits per heavy atom. The van der Waals surface area contributed by atoms with Crippen molar-refractivity contribution in [1.82, 2.24) is 4.98 Å². The third-order valence-corrected chi connectivity index (χ3v) is 2.71. The van der Waals surface area contributed by atoms with E-state index in [1.807, 2.05) is 12.1 Å². The molecule has 0 saturated carbocycles. The van der Waals surface area contributed by atoms with Crippen molar-refractivity contribution < 1.29 is 14.7 Å². The minimum atomic E-state index is -0.284. The molecule has 2 aliphatic heterocycles. The Morgan fingerprint density at radius 1 is 1.53 bits per heavy atom. The van der Waals surface area contributed by atoms with Gasteiger partial charge in [0.05, 0.1) is 18.1 Å². The topological polar surface area (TPSA) is 63.9 Å². The van der Waals surface area contributed by atoms with Crippen LogP contribution in [0.4, 0.5) is 0 Å². The second-order valence-electron chi connectivity index (χ2n) is 3.58. The minimum Gasteiger partial charge on any atom is -0.476 e. The number of oxime groups is 1. The lowest BCUT2D eigenvalue weighted by molar-refractivity contribution is 0.00810. The molecule has 5 nitrogen and oxygen atoms in total. The third-order valence-electron chi connectivity index (χ3n) is 2.71. The van der Waals surface area contributed by atoms with E-state index in [0.717, 1.165) is 11.3 Å².